The summed E-state index contributed by atoms with van der Waals surface area (Å²) < 4.78 is 10.6. The van der Waals surface area contributed by atoms with Crippen molar-refractivity contribution in [1.82, 2.24) is 9.97 Å². The van der Waals surface area contributed by atoms with Crippen LogP contribution >= 0.6 is 0 Å². The van der Waals surface area contributed by atoms with Crippen molar-refractivity contribution in [2.45, 2.75) is 13.3 Å². The maximum Gasteiger partial charge on any atom is 0.160 e. The number of benzene rings is 2. The number of amidine groups is 1. The maximum atomic E-state index is 5.34. The van der Waals surface area contributed by atoms with Crippen molar-refractivity contribution in [2.24, 2.45) is 4.99 Å². The Labute approximate surface area is 159 Å². The Morgan fingerprint density at radius 3 is 2.52 bits per heavy atom. The summed E-state index contributed by atoms with van der Waals surface area (Å²) in [6.45, 7) is 2.66. The second-order valence-electron chi connectivity index (χ2n) is 6.07. The van der Waals surface area contributed by atoms with Gasteiger partial charge in [-0.15, -0.1) is 0 Å². The van der Waals surface area contributed by atoms with Crippen LogP contribution in [0, 0.1) is 0 Å². The molecular weight excluding hydrogens is 340 g/mol. The number of methoxy groups -OCH3 is 2. The first-order valence-electron chi connectivity index (χ1n) is 8.77. The molecule has 0 fully saturated rings. The number of aromatic nitrogens is 2. The van der Waals surface area contributed by atoms with E-state index in [1.54, 1.807) is 20.5 Å². The number of aliphatic imine (C=N–C) groups is 1. The smallest absolute Gasteiger partial charge is 0.160 e. The molecule has 3 rings (SSSR count). The molecule has 2 N–H and O–H groups in total. The Morgan fingerprint density at radius 2 is 1.85 bits per heavy atom. The summed E-state index contributed by atoms with van der Waals surface area (Å²) in [5, 5.41) is 3.32. The normalized spacial score (nSPS) is 11.3. The lowest BCUT2D eigenvalue weighted by Crippen LogP contribution is -2.08. The van der Waals surface area contributed by atoms with Crippen LogP contribution in [0.15, 0.2) is 60.0 Å². The number of hydrogen-bond acceptors (Lipinski definition) is 4. The van der Waals surface area contributed by atoms with Crippen molar-refractivity contribution in [3.05, 3.63) is 60.6 Å². The molecule has 0 radical (unpaired) electrons. The van der Waals surface area contributed by atoms with E-state index in [0.717, 1.165) is 46.3 Å². The number of aromatic amines is 1. The van der Waals surface area contributed by atoms with E-state index >= 15 is 0 Å². The minimum absolute atomic E-state index is 0.695. The van der Waals surface area contributed by atoms with E-state index in [4.69, 9.17) is 9.47 Å². The van der Waals surface area contributed by atoms with Gasteiger partial charge in [-0.05, 0) is 48.7 Å². The third-order valence-corrected chi connectivity index (χ3v) is 4.22. The van der Waals surface area contributed by atoms with Crippen LogP contribution in [0.4, 0.5) is 5.69 Å². The molecule has 0 saturated carbocycles. The van der Waals surface area contributed by atoms with Gasteiger partial charge in [-0.1, -0.05) is 18.2 Å². The zero-order valence-electron chi connectivity index (χ0n) is 15.8. The van der Waals surface area contributed by atoms with Crippen LogP contribution in [0.3, 0.4) is 0 Å². The number of hydrogen-bond donors (Lipinski definition) is 2. The third-order valence-electron chi connectivity index (χ3n) is 4.22. The fourth-order valence-electron chi connectivity index (χ4n) is 2.78. The summed E-state index contributed by atoms with van der Waals surface area (Å²) in [4.78, 5) is 11.7. The molecule has 0 bridgehead atoms. The van der Waals surface area contributed by atoms with Crippen molar-refractivity contribution >= 4 is 11.5 Å². The van der Waals surface area contributed by atoms with Crippen LogP contribution < -0.4 is 14.8 Å². The lowest BCUT2D eigenvalue weighted by Gasteiger charge is -2.09. The standard InChI is InChI=1S/C21H24N4O2/c1-15(23-11-10-16-4-9-20(26-2)21(12-16)27-3)25-18-7-5-17(6-8-18)19-13-22-14-24-19/h4-9,12-14H,10-11H2,1-3H3,(H,22,24)(H,23,25). The monoisotopic (exact) mass is 364 g/mol. The van der Waals surface area contributed by atoms with Crippen LogP contribution in [0.1, 0.15) is 12.5 Å². The van der Waals surface area contributed by atoms with Gasteiger partial charge in [0.2, 0.25) is 0 Å². The summed E-state index contributed by atoms with van der Waals surface area (Å²) in [5.74, 6) is 2.36. The van der Waals surface area contributed by atoms with Gasteiger partial charge in [0.25, 0.3) is 0 Å². The predicted octanol–water partition coefficient (Wildman–Crippen LogP) is 4.17. The van der Waals surface area contributed by atoms with E-state index in [9.17, 15) is 0 Å². The Balaban J connectivity index is 1.55. The number of anilines is 1. The average Bonchev–Trinajstić information content (AvgIpc) is 3.23. The van der Waals surface area contributed by atoms with Gasteiger partial charge in [0.15, 0.2) is 11.5 Å². The SMILES string of the molecule is COc1ccc(CCN=C(C)Nc2ccc(-c3cnc[nH]3)cc2)cc1OC. The molecule has 0 aliphatic rings. The van der Waals surface area contributed by atoms with Crippen LogP contribution in [0.25, 0.3) is 11.3 Å². The van der Waals surface area contributed by atoms with Crippen LogP contribution in [-0.4, -0.2) is 36.6 Å². The van der Waals surface area contributed by atoms with Crippen molar-refractivity contribution in [3.8, 4) is 22.8 Å². The third kappa shape index (κ3) is 4.88. The summed E-state index contributed by atoms with van der Waals surface area (Å²) in [5.41, 5.74) is 4.27. The molecule has 6 heteroatoms. The van der Waals surface area contributed by atoms with E-state index in [-0.39, 0.29) is 0 Å². The molecular formula is C21H24N4O2. The summed E-state index contributed by atoms with van der Waals surface area (Å²) in [6.07, 6.45) is 4.32. The highest BCUT2D eigenvalue weighted by Gasteiger charge is 2.04. The van der Waals surface area contributed by atoms with E-state index in [2.05, 4.69) is 20.3 Å². The minimum Gasteiger partial charge on any atom is -0.493 e. The molecule has 3 aromatic rings. The Morgan fingerprint density at radius 1 is 1.07 bits per heavy atom. The Kier molecular flexibility index (Phi) is 6.10. The van der Waals surface area contributed by atoms with Gasteiger partial charge in [0, 0.05) is 12.2 Å². The molecule has 0 spiro atoms. The molecule has 1 heterocycles. The van der Waals surface area contributed by atoms with Crippen LogP contribution in [0.5, 0.6) is 11.5 Å². The van der Waals surface area contributed by atoms with Crippen molar-refractivity contribution in [2.75, 3.05) is 26.1 Å². The van der Waals surface area contributed by atoms with E-state index in [0.29, 0.717) is 6.54 Å². The summed E-state index contributed by atoms with van der Waals surface area (Å²) in [7, 11) is 3.28. The van der Waals surface area contributed by atoms with E-state index < -0.39 is 0 Å². The highest BCUT2D eigenvalue weighted by Crippen LogP contribution is 2.27. The molecule has 1 aromatic heterocycles. The minimum atomic E-state index is 0.695. The molecule has 0 saturated heterocycles. The number of imidazole rings is 1. The van der Waals surface area contributed by atoms with Crippen molar-refractivity contribution < 1.29 is 9.47 Å². The topological polar surface area (TPSA) is 71.5 Å². The quantitative estimate of drug-likeness (QED) is 0.488. The van der Waals surface area contributed by atoms with Gasteiger partial charge < -0.3 is 19.8 Å². The zero-order valence-corrected chi connectivity index (χ0v) is 15.8. The molecule has 140 valence electrons. The number of ether oxygens (including phenoxy) is 2. The fraction of sp³-hybridized carbons (Fsp3) is 0.238. The molecule has 0 atom stereocenters. The lowest BCUT2D eigenvalue weighted by molar-refractivity contribution is 0.354. The van der Waals surface area contributed by atoms with Gasteiger partial charge in [-0.2, -0.15) is 0 Å². The van der Waals surface area contributed by atoms with Gasteiger partial charge in [0.1, 0.15) is 0 Å². The largest absolute Gasteiger partial charge is 0.493 e. The molecule has 0 aliphatic heterocycles. The zero-order chi connectivity index (χ0) is 19.1. The molecule has 27 heavy (non-hydrogen) atoms. The molecule has 0 amide bonds. The highest BCUT2D eigenvalue weighted by atomic mass is 16.5. The van der Waals surface area contributed by atoms with Crippen LogP contribution in [0.2, 0.25) is 0 Å². The van der Waals surface area contributed by atoms with Crippen molar-refractivity contribution in [1.29, 1.82) is 0 Å². The number of H-pyrrole nitrogens is 1. The first-order chi connectivity index (χ1) is 13.2. The number of rotatable bonds is 7. The highest BCUT2D eigenvalue weighted by molar-refractivity contribution is 5.93. The van der Waals surface area contributed by atoms with Gasteiger partial charge >= 0.3 is 0 Å². The lowest BCUT2D eigenvalue weighted by atomic mass is 10.1. The van der Waals surface area contributed by atoms with E-state index in [1.165, 1.54) is 0 Å². The molecule has 2 aromatic carbocycles. The number of nitrogens with zero attached hydrogens (tertiary/aromatic N) is 2. The summed E-state index contributed by atoms with van der Waals surface area (Å²) >= 11 is 0. The first kappa shape index (κ1) is 18.5. The van der Waals surface area contributed by atoms with Crippen LogP contribution in [-0.2, 0) is 6.42 Å². The molecule has 0 aliphatic carbocycles. The fourth-order valence-corrected chi connectivity index (χ4v) is 2.78. The average molecular weight is 364 g/mol. The number of nitrogens with one attached hydrogen (secondary N) is 2. The second kappa shape index (κ2) is 8.89. The first-order valence-corrected chi connectivity index (χ1v) is 8.77. The Bertz CT molecular complexity index is 887. The van der Waals surface area contributed by atoms with Crippen molar-refractivity contribution in [3.63, 3.8) is 0 Å². The Hall–Kier alpha value is -3.28. The van der Waals surface area contributed by atoms with Gasteiger partial charge in [-0.3, -0.25) is 4.99 Å². The molecule has 0 unspecified atom stereocenters. The second-order valence-corrected chi connectivity index (χ2v) is 6.07. The maximum absolute atomic E-state index is 5.34. The van der Waals surface area contributed by atoms with Gasteiger partial charge in [0.05, 0.1) is 38.3 Å². The van der Waals surface area contributed by atoms with Gasteiger partial charge in [-0.25, -0.2) is 4.98 Å². The summed E-state index contributed by atoms with van der Waals surface area (Å²) in [6, 6.07) is 14.1. The molecule has 6 nitrogen and oxygen atoms in total. The predicted molar refractivity (Wildman–Crippen MR) is 109 cm³/mol. The van der Waals surface area contributed by atoms with E-state index in [1.807, 2.05) is 55.6 Å².